The minimum absolute atomic E-state index is 0.170. The molecule has 2 atom stereocenters. The minimum atomic E-state index is -5.32. The van der Waals surface area contributed by atoms with E-state index in [1.807, 2.05) is 0 Å². The Balaban J connectivity index is 2.52. The molecule has 34 heavy (non-hydrogen) atoms. The van der Waals surface area contributed by atoms with E-state index in [2.05, 4.69) is 4.98 Å². The van der Waals surface area contributed by atoms with Crippen LogP contribution in [0, 0.1) is 0 Å². The van der Waals surface area contributed by atoms with E-state index in [-0.39, 0.29) is 30.3 Å². The highest BCUT2D eigenvalue weighted by Crippen LogP contribution is 2.40. The smallest absolute Gasteiger partial charge is 0.388 e. The lowest BCUT2D eigenvalue weighted by Crippen LogP contribution is -2.18. The zero-order chi connectivity index (χ0) is 26.3. The highest BCUT2D eigenvalue weighted by atomic mass is 19.4. The average molecular weight is 515 g/mol. The molecule has 15 heteroatoms. The van der Waals surface area contributed by atoms with Crippen LogP contribution in [0.1, 0.15) is 52.3 Å². The minimum Gasteiger partial charge on any atom is -0.388 e. The first-order chi connectivity index (χ1) is 15.2. The van der Waals surface area contributed by atoms with Crippen molar-refractivity contribution in [2.75, 3.05) is 7.11 Å². The fourth-order valence-corrected chi connectivity index (χ4v) is 2.91. The zero-order valence-corrected chi connectivity index (χ0v) is 16.6. The Labute approximate surface area is 183 Å². The summed E-state index contributed by atoms with van der Waals surface area (Å²) in [4.78, 5) is 2.49. The summed E-state index contributed by atoms with van der Waals surface area (Å²) in [6.45, 7) is 0. The van der Waals surface area contributed by atoms with Gasteiger partial charge in [0.15, 0.2) is 0 Å². The van der Waals surface area contributed by atoms with Gasteiger partial charge in [-0.1, -0.05) is 0 Å². The number of pyridine rings is 1. The maximum atomic E-state index is 13.0. The Bertz CT molecular complexity index is 944. The highest BCUT2D eigenvalue weighted by Gasteiger charge is 2.40. The van der Waals surface area contributed by atoms with Gasteiger partial charge in [0.1, 0.15) is 11.4 Å². The van der Waals surface area contributed by atoms with Crippen molar-refractivity contribution in [1.29, 1.82) is 0 Å². The van der Waals surface area contributed by atoms with Crippen molar-refractivity contribution < 1.29 is 62.5 Å². The number of benzene rings is 1. The predicted molar refractivity (Wildman–Crippen MR) is 90.0 cm³/mol. The topological polar surface area (TPSA) is 42.4 Å². The molecule has 0 saturated heterocycles. The number of hydrogen-bond donors (Lipinski definition) is 1. The summed E-state index contributed by atoms with van der Waals surface area (Å²) in [6, 6.07) is 0.494. The average Bonchev–Trinajstić information content (AvgIpc) is 2.68. The van der Waals surface area contributed by atoms with Crippen molar-refractivity contribution in [2.24, 2.45) is 0 Å². The fraction of sp³-hybridized carbons (Fsp3) is 0.421. The lowest BCUT2D eigenvalue weighted by Gasteiger charge is -2.23. The van der Waals surface area contributed by atoms with Crippen molar-refractivity contribution in [3.8, 4) is 0 Å². The fourth-order valence-electron chi connectivity index (χ4n) is 2.91. The Morgan fingerprint density at radius 2 is 1.09 bits per heavy atom. The van der Waals surface area contributed by atoms with Crippen LogP contribution in [0.15, 0.2) is 30.3 Å². The van der Waals surface area contributed by atoms with Crippen molar-refractivity contribution >= 4 is 0 Å². The lowest BCUT2D eigenvalue weighted by molar-refractivity contribution is -0.150. The van der Waals surface area contributed by atoms with Crippen LogP contribution in [-0.4, -0.2) is 17.2 Å². The van der Waals surface area contributed by atoms with Crippen molar-refractivity contribution in [3.05, 3.63) is 64.0 Å². The van der Waals surface area contributed by atoms with Crippen molar-refractivity contribution in [1.82, 2.24) is 4.98 Å². The van der Waals surface area contributed by atoms with Gasteiger partial charge in [-0.2, -0.15) is 52.7 Å². The van der Waals surface area contributed by atoms with Gasteiger partial charge in [-0.3, -0.25) is 0 Å². The Morgan fingerprint density at radius 3 is 1.41 bits per heavy atom. The number of methoxy groups -OCH3 is 1. The predicted octanol–water partition coefficient (Wildman–Crippen LogP) is 6.97. The second-order valence-electron chi connectivity index (χ2n) is 6.98. The molecule has 0 radical (unpaired) electrons. The molecule has 190 valence electrons. The van der Waals surface area contributed by atoms with Crippen molar-refractivity contribution in [3.63, 3.8) is 0 Å². The van der Waals surface area contributed by atoms with E-state index in [0.29, 0.717) is 0 Å². The molecule has 0 aliphatic carbocycles. The van der Waals surface area contributed by atoms with E-state index in [4.69, 9.17) is 4.74 Å². The number of rotatable bonds is 5. The van der Waals surface area contributed by atoms with Gasteiger partial charge in [0.05, 0.1) is 23.3 Å². The summed E-state index contributed by atoms with van der Waals surface area (Å²) in [5.41, 5.74) is -9.20. The molecule has 2 unspecified atom stereocenters. The van der Waals surface area contributed by atoms with Gasteiger partial charge in [-0.15, -0.1) is 0 Å². The molecule has 0 saturated carbocycles. The van der Waals surface area contributed by atoms with E-state index < -0.39 is 77.0 Å². The Kier molecular flexibility index (Phi) is 7.53. The zero-order valence-electron chi connectivity index (χ0n) is 16.6. The molecular weight excluding hydrogens is 502 g/mol. The summed E-state index contributed by atoms with van der Waals surface area (Å²) < 4.78 is 161. The summed E-state index contributed by atoms with van der Waals surface area (Å²) >= 11 is 0. The quantitative estimate of drug-likeness (QED) is 0.438. The van der Waals surface area contributed by atoms with Crippen LogP contribution in [0.2, 0.25) is 0 Å². The first kappa shape index (κ1) is 27.7. The van der Waals surface area contributed by atoms with Gasteiger partial charge >= 0.3 is 24.7 Å². The number of halogens is 12. The van der Waals surface area contributed by atoms with E-state index in [1.165, 1.54) is 0 Å². The lowest BCUT2D eigenvalue weighted by atomic mass is 9.95. The third-order valence-corrected chi connectivity index (χ3v) is 4.52. The van der Waals surface area contributed by atoms with Gasteiger partial charge in [0, 0.05) is 13.5 Å². The first-order valence-corrected chi connectivity index (χ1v) is 8.90. The number of hydrogen-bond acceptors (Lipinski definition) is 3. The SMILES string of the molecule is COC(CC(O)c1cc(C(F)(F)F)cc(C(F)(F)F)c1)c1cc(C(F)(F)F)nc(C(F)(F)F)c1. The molecule has 1 N–H and O–H groups in total. The third kappa shape index (κ3) is 6.74. The number of alkyl halides is 12. The molecule has 0 aliphatic heterocycles. The normalized spacial score (nSPS) is 15.4. The van der Waals surface area contributed by atoms with Gasteiger partial charge in [0.2, 0.25) is 0 Å². The molecule has 0 bridgehead atoms. The summed E-state index contributed by atoms with van der Waals surface area (Å²) in [6.07, 6.45) is -26.1. The first-order valence-electron chi connectivity index (χ1n) is 8.90. The second kappa shape index (κ2) is 9.24. The van der Waals surface area contributed by atoms with Crippen LogP contribution in [0.3, 0.4) is 0 Å². The van der Waals surface area contributed by atoms with E-state index in [9.17, 15) is 57.8 Å². The maximum absolute atomic E-state index is 13.0. The van der Waals surface area contributed by atoms with Crippen LogP contribution in [0.25, 0.3) is 0 Å². The summed E-state index contributed by atoms with van der Waals surface area (Å²) in [7, 11) is 0.811. The summed E-state index contributed by atoms with van der Waals surface area (Å²) in [5, 5.41) is 10.2. The van der Waals surface area contributed by atoms with Crippen LogP contribution in [0.5, 0.6) is 0 Å². The van der Waals surface area contributed by atoms with Gasteiger partial charge in [0.25, 0.3) is 0 Å². The van der Waals surface area contributed by atoms with E-state index in [0.717, 1.165) is 7.11 Å². The van der Waals surface area contributed by atoms with Crippen LogP contribution in [-0.2, 0) is 29.4 Å². The van der Waals surface area contributed by atoms with Gasteiger partial charge in [-0.05, 0) is 41.5 Å². The summed E-state index contributed by atoms with van der Waals surface area (Å²) in [5.74, 6) is 0. The Hall–Kier alpha value is -2.55. The molecule has 3 nitrogen and oxygen atoms in total. The highest BCUT2D eigenvalue weighted by molar-refractivity contribution is 5.35. The Morgan fingerprint density at radius 1 is 0.676 bits per heavy atom. The molecule has 2 rings (SSSR count). The van der Waals surface area contributed by atoms with Crippen molar-refractivity contribution in [2.45, 2.75) is 43.3 Å². The number of aliphatic hydroxyl groups is 1. The molecule has 0 spiro atoms. The maximum Gasteiger partial charge on any atom is 0.433 e. The molecule has 2 aromatic rings. The number of nitrogens with zero attached hydrogens (tertiary/aromatic N) is 1. The molecule has 1 aromatic carbocycles. The number of aromatic nitrogens is 1. The molecule has 1 heterocycles. The van der Waals surface area contributed by atoms with E-state index >= 15 is 0 Å². The van der Waals surface area contributed by atoms with Gasteiger partial charge in [-0.25, -0.2) is 4.98 Å². The second-order valence-corrected chi connectivity index (χ2v) is 6.98. The third-order valence-electron chi connectivity index (χ3n) is 4.52. The standard InChI is InChI=1S/C19H13F12NO2/c1-34-13(9-4-14(18(26,27)28)32-15(5-9)19(29,30)31)7-12(33)8-2-10(16(20,21)22)6-11(3-8)17(23,24)25/h2-6,12-13,33H,7H2,1H3. The molecule has 0 amide bonds. The molecule has 1 aromatic heterocycles. The van der Waals surface area contributed by atoms with Gasteiger partial charge < -0.3 is 9.84 Å². The molecule has 0 aliphatic rings. The molecular formula is C19H13F12NO2. The monoisotopic (exact) mass is 515 g/mol. The van der Waals surface area contributed by atoms with Crippen LogP contribution in [0.4, 0.5) is 52.7 Å². The number of ether oxygens (including phenoxy) is 1. The van der Waals surface area contributed by atoms with Crippen LogP contribution >= 0.6 is 0 Å². The van der Waals surface area contributed by atoms with E-state index in [1.54, 1.807) is 0 Å². The largest absolute Gasteiger partial charge is 0.433 e. The molecule has 0 fully saturated rings. The number of aliphatic hydroxyl groups excluding tert-OH is 1. The van der Waals surface area contributed by atoms with Crippen LogP contribution < -0.4 is 0 Å².